The molecule has 6 nitrogen and oxygen atoms in total. The molecule has 6 heteroatoms. The summed E-state index contributed by atoms with van der Waals surface area (Å²) in [6, 6.07) is 17.2. The summed E-state index contributed by atoms with van der Waals surface area (Å²) in [6.07, 6.45) is 0.612. The van der Waals surface area contributed by atoms with Gasteiger partial charge in [-0.1, -0.05) is 48.5 Å². The number of nitrogens with zero attached hydrogens (tertiary/aromatic N) is 1. The zero-order chi connectivity index (χ0) is 18.6. The van der Waals surface area contributed by atoms with Gasteiger partial charge in [-0.05, 0) is 18.1 Å². The van der Waals surface area contributed by atoms with E-state index in [-0.39, 0.29) is 17.7 Å². The van der Waals surface area contributed by atoms with E-state index in [0.29, 0.717) is 25.2 Å². The fraction of sp³-hybridized carbons (Fsp3) is 0.286. The highest BCUT2D eigenvalue weighted by atomic mass is 16.2. The molecule has 3 heterocycles. The van der Waals surface area contributed by atoms with E-state index >= 15 is 0 Å². The Labute approximate surface area is 156 Å². The number of imide groups is 1. The zero-order valence-electron chi connectivity index (χ0n) is 14.6. The van der Waals surface area contributed by atoms with Crippen LogP contribution >= 0.6 is 0 Å². The highest BCUT2D eigenvalue weighted by Gasteiger charge is 2.67. The molecule has 0 saturated carbocycles. The van der Waals surface area contributed by atoms with E-state index in [2.05, 4.69) is 10.6 Å². The Morgan fingerprint density at radius 2 is 1.70 bits per heavy atom. The number of carbonyl (C=O) groups excluding carboxylic acids is 3. The van der Waals surface area contributed by atoms with E-state index < -0.39 is 17.4 Å². The summed E-state index contributed by atoms with van der Waals surface area (Å²) in [4.78, 5) is 40.4. The van der Waals surface area contributed by atoms with Gasteiger partial charge in [-0.15, -0.1) is 0 Å². The third kappa shape index (κ3) is 2.13. The van der Waals surface area contributed by atoms with Crippen LogP contribution in [0.4, 0.5) is 5.69 Å². The average Bonchev–Trinajstić information content (AvgIpc) is 3.29. The van der Waals surface area contributed by atoms with Crippen molar-refractivity contribution in [2.24, 2.45) is 11.8 Å². The minimum absolute atomic E-state index is 0.178. The molecular weight excluding hydrogens is 342 g/mol. The largest absolute Gasteiger partial charge is 0.324 e. The van der Waals surface area contributed by atoms with Crippen LogP contribution in [-0.2, 0) is 26.3 Å². The lowest BCUT2D eigenvalue weighted by atomic mass is 9.77. The van der Waals surface area contributed by atoms with Crippen molar-refractivity contribution in [3.8, 4) is 0 Å². The first-order chi connectivity index (χ1) is 13.1. The van der Waals surface area contributed by atoms with Gasteiger partial charge in [0.2, 0.25) is 17.7 Å². The van der Waals surface area contributed by atoms with Gasteiger partial charge in [0.1, 0.15) is 5.54 Å². The van der Waals surface area contributed by atoms with Crippen molar-refractivity contribution in [2.75, 3.05) is 18.4 Å². The third-order valence-corrected chi connectivity index (χ3v) is 6.01. The summed E-state index contributed by atoms with van der Waals surface area (Å²) in [5.41, 5.74) is 1.40. The predicted octanol–water partition coefficient (Wildman–Crippen LogP) is 1.28. The fourth-order valence-corrected chi connectivity index (χ4v) is 4.73. The van der Waals surface area contributed by atoms with Crippen molar-refractivity contribution in [1.82, 2.24) is 10.2 Å². The molecule has 2 N–H and O–H groups in total. The van der Waals surface area contributed by atoms with Gasteiger partial charge in [-0.2, -0.15) is 0 Å². The maximum Gasteiger partial charge on any atom is 0.250 e. The van der Waals surface area contributed by atoms with Crippen LogP contribution in [0.2, 0.25) is 0 Å². The molecule has 2 aromatic rings. The van der Waals surface area contributed by atoms with E-state index in [1.54, 1.807) is 0 Å². The molecule has 2 aromatic carbocycles. The zero-order valence-corrected chi connectivity index (χ0v) is 14.6. The molecule has 3 aliphatic heterocycles. The van der Waals surface area contributed by atoms with Crippen LogP contribution in [0, 0.1) is 11.8 Å². The third-order valence-electron chi connectivity index (χ3n) is 6.01. The van der Waals surface area contributed by atoms with Gasteiger partial charge in [-0.3, -0.25) is 24.6 Å². The molecule has 0 radical (unpaired) electrons. The number of para-hydroxylation sites is 1. The van der Waals surface area contributed by atoms with Gasteiger partial charge in [0.05, 0.1) is 11.8 Å². The predicted molar refractivity (Wildman–Crippen MR) is 98.6 cm³/mol. The second-order valence-electron chi connectivity index (χ2n) is 7.34. The second-order valence-corrected chi connectivity index (χ2v) is 7.34. The topological polar surface area (TPSA) is 78.5 Å². The van der Waals surface area contributed by atoms with Crippen LogP contribution in [0.1, 0.15) is 11.1 Å². The van der Waals surface area contributed by atoms with Crippen molar-refractivity contribution in [3.05, 3.63) is 65.7 Å². The lowest BCUT2D eigenvalue weighted by Crippen LogP contribution is -2.51. The van der Waals surface area contributed by atoms with E-state index in [4.69, 9.17) is 0 Å². The molecule has 3 aliphatic rings. The first-order valence-corrected chi connectivity index (χ1v) is 9.18. The van der Waals surface area contributed by atoms with Crippen LogP contribution in [-0.4, -0.2) is 35.7 Å². The maximum atomic E-state index is 13.2. The molecule has 2 fully saturated rings. The molecule has 136 valence electrons. The van der Waals surface area contributed by atoms with Crippen molar-refractivity contribution >= 4 is 23.4 Å². The Morgan fingerprint density at radius 1 is 0.963 bits per heavy atom. The fourth-order valence-electron chi connectivity index (χ4n) is 4.73. The molecule has 2 saturated heterocycles. The molecule has 0 bridgehead atoms. The highest BCUT2D eigenvalue weighted by molar-refractivity contribution is 6.14. The number of nitrogens with one attached hydrogen (secondary N) is 2. The first-order valence-electron chi connectivity index (χ1n) is 9.18. The Kier molecular flexibility index (Phi) is 3.45. The van der Waals surface area contributed by atoms with Crippen LogP contribution in [0.25, 0.3) is 0 Å². The van der Waals surface area contributed by atoms with Crippen LogP contribution in [0.5, 0.6) is 0 Å². The van der Waals surface area contributed by atoms with E-state index in [1.807, 2.05) is 54.6 Å². The van der Waals surface area contributed by atoms with Gasteiger partial charge in [-0.25, -0.2) is 0 Å². The van der Waals surface area contributed by atoms with E-state index in [9.17, 15) is 14.4 Å². The number of amides is 3. The number of rotatable bonds is 3. The standard InChI is InChI=1S/C21H19N3O3/c25-18-14-12-22-21(15-8-4-5-9-16(15)23-20(21)27)17(14)19(26)24(18)11-10-13-6-2-1-3-7-13/h1-9,14,17,22H,10-12H2,(H,23,27)/t14-,17-,21-/m1/s1. The number of benzene rings is 2. The normalized spacial score (nSPS) is 28.6. The Bertz CT molecular complexity index is 958. The number of anilines is 1. The Hall–Kier alpha value is -2.99. The minimum Gasteiger partial charge on any atom is -0.324 e. The highest BCUT2D eigenvalue weighted by Crippen LogP contribution is 2.50. The van der Waals surface area contributed by atoms with Crippen molar-refractivity contribution in [3.63, 3.8) is 0 Å². The van der Waals surface area contributed by atoms with Gasteiger partial charge in [0, 0.05) is 24.3 Å². The second kappa shape index (κ2) is 5.76. The van der Waals surface area contributed by atoms with Crippen molar-refractivity contribution in [2.45, 2.75) is 12.0 Å². The summed E-state index contributed by atoms with van der Waals surface area (Å²) in [5, 5.41) is 6.08. The quantitative estimate of drug-likeness (QED) is 0.808. The molecule has 0 aliphatic carbocycles. The minimum atomic E-state index is -1.14. The van der Waals surface area contributed by atoms with E-state index in [1.165, 1.54) is 4.90 Å². The molecule has 27 heavy (non-hydrogen) atoms. The summed E-state index contributed by atoms with van der Waals surface area (Å²) in [5.74, 6) is -1.86. The number of hydrogen-bond donors (Lipinski definition) is 2. The molecular formula is C21H19N3O3. The monoisotopic (exact) mass is 361 g/mol. The Balaban J connectivity index is 1.47. The Morgan fingerprint density at radius 3 is 2.52 bits per heavy atom. The number of hydrogen-bond acceptors (Lipinski definition) is 4. The lowest BCUT2D eigenvalue weighted by Gasteiger charge is -2.28. The summed E-state index contributed by atoms with van der Waals surface area (Å²) >= 11 is 0. The SMILES string of the molecule is O=C1[C@@H]2CN[C@@]3(C(=O)Nc4ccccc43)[C@H]2C(=O)N1CCc1ccccc1. The molecule has 0 unspecified atom stereocenters. The molecule has 5 rings (SSSR count). The van der Waals surface area contributed by atoms with Crippen LogP contribution in [0.15, 0.2) is 54.6 Å². The van der Waals surface area contributed by atoms with Crippen molar-refractivity contribution in [1.29, 1.82) is 0 Å². The number of likely N-dealkylation sites (tertiary alicyclic amines) is 1. The maximum absolute atomic E-state index is 13.2. The van der Waals surface area contributed by atoms with Gasteiger partial charge in [0.25, 0.3) is 0 Å². The lowest BCUT2D eigenvalue weighted by molar-refractivity contribution is -0.142. The summed E-state index contributed by atoms with van der Waals surface area (Å²) < 4.78 is 0. The van der Waals surface area contributed by atoms with Crippen molar-refractivity contribution < 1.29 is 14.4 Å². The van der Waals surface area contributed by atoms with Gasteiger partial charge in [0.15, 0.2) is 0 Å². The van der Waals surface area contributed by atoms with Crippen LogP contribution < -0.4 is 10.6 Å². The van der Waals surface area contributed by atoms with Gasteiger partial charge < -0.3 is 5.32 Å². The van der Waals surface area contributed by atoms with Gasteiger partial charge >= 0.3 is 0 Å². The summed E-state index contributed by atoms with van der Waals surface area (Å²) in [6.45, 7) is 0.673. The molecule has 3 atom stereocenters. The number of fused-ring (bicyclic) bond motifs is 4. The van der Waals surface area contributed by atoms with E-state index in [0.717, 1.165) is 11.1 Å². The smallest absolute Gasteiger partial charge is 0.250 e. The first kappa shape index (κ1) is 16.2. The molecule has 3 amide bonds. The number of carbonyl (C=O) groups is 3. The molecule has 0 aromatic heterocycles. The van der Waals surface area contributed by atoms with Crippen LogP contribution in [0.3, 0.4) is 0 Å². The molecule has 1 spiro atoms. The summed E-state index contributed by atoms with van der Waals surface area (Å²) in [7, 11) is 0. The average molecular weight is 361 g/mol.